The zero-order chi connectivity index (χ0) is 23.0. The first-order chi connectivity index (χ1) is 15.4. The first-order valence-electron chi connectivity index (χ1n) is 11.4. The maximum Gasteiger partial charge on any atom is 0.224 e. The lowest BCUT2D eigenvalue weighted by Gasteiger charge is -2.32. The van der Waals surface area contributed by atoms with Gasteiger partial charge in [0.2, 0.25) is 15.9 Å². The van der Waals surface area contributed by atoms with Crippen LogP contribution in [0.25, 0.3) is 0 Å². The van der Waals surface area contributed by atoms with Crippen molar-refractivity contribution >= 4 is 15.9 Å². The molecule has 2 atom stereocenters. The van der Waals surface area contributed by atoms with Crippen LogP contribution < -0.4 is 10.1 Å². The predicted octanol–water partition coefficient (Wildman–Crippen LogP) is 3.94. The molecule has 0 aliphatic carbocycles. The van der Waals surface area contributed by atoms with E-state index in [-0.39, 0.29) is 30.2 Å². The van der Waals surface area contributed by atoms with Gasteiger partial charge in [0.1, 0.15) is 5.75 Å². The fourth-order valence-electron chi connectivity index (χ4n) is 4.08. The first-order valence-corrected chi connectivity index (χ1v) is 13.0. The Bertz CT molecular complexity index is 961. The van der Waals surface area contributed by atoms with Gasteiger partial charge in [0.15, 0.2) is 0 Å². The summed E-state index contributed by atoms with van der Waals surface area (Å²) < 4.78 is 32.7. The second kappa shape index (κ2) is 11.5. The van der Waals surface area contributed by atoms with Crippen molar-refractivity contribution in [1.82, 2.24) is 9.62 Å². The Morgan fingerprint density at radius 1 is 1.16 bits per heavy atom. The second-order valence-electron chi connectivity index (χ2n) is 8.33. The van der Waals surface area contributed by atoms with E-state index < -0.39 is 10.0 Å². The molecular formula is C25H34N2O4S. The van der Waals surface area contributed by atoms with Gasteiger partial charge in [-0.2, -0.15) is 0 Å². The van der Waals surface area contributed by atoms with Crippen molar-refractivity contribution in [3.05, 3.63) is 65.7 Å². The van der Waals surface area contributed by atoms with E-state index in [0.717, 1.165) is 23.3 Å². The molecule has 32 heavy (non-hydrogen) atoms. The number of aryl methyl sites for hydroxylation is 1. The Morgan fingerprint density at radius 3 is 2.56 bits per heavy atom. The third kappa shape index (κ3) is 6.81. The van der Waals surface area contributed by atoms with Gasteiger partial charge in [-0.15, -0.1) is 0 Å². The van der Waals surface area contributed by atoms with E-state index in [1.54, 1.807) is 0 Å². The molecule has 0 unspecified atom stereocenters. The Balaban J connectivity index is 1.51. The Morgan fingerprint density at radius 2 is 1.88 bits per heavy atom. The summed E-state index contributed by atoms with van der Waals surface area (Å²) in [5.74, 6) is 0.502. The summed E-state index contributed by atoms with van der Waals surface area (Å²) in [5, 5.41) is 3.05. The average Bonchev–Trinajstić information content (AvgIpc) is 2.80. The minimum atomic E-state index is -3.37. The van der Waals surface area contributed by atoms with E-state index in [0.29, 0.717) is 32.4 Å². The zero-order valence-corrected chi connectivity index (χ0v) is 19.8. The molecule has 0 aromatic heterocycles. The van der Waals surface area contributed by atoms with Gasteiger partial charge in [0.25, 0.3) is 0 Å². The number of nitrogens with one attached hydrogen (secondary N) is 1. The lowest BCUT2D eigenvalue weighted by atomic mass is 9.98. The second-order valence-corrected chi connectivity index (χ2v) is 10.4. The number of carbonyl (C=O) groups is 1. The summed E-state index contributed by atoms with van der Waals surface area (Å²) in [6.45, 7) is 5.24. The summed E-state index contributed by atoms with van der Waals surface area (Å²) in [6, 6.07) is 17.4. The number of benzene rings is 2. The largest absolute Gasteiger partial charge is 0.494 e. The lowest BCUT2D eigenvalue weighted by Crippen LogP contribution is -2.46. The average molecular weight is 459 g/mol. The van der Waals surface area contributed by atoms with Gasteiger partial charge in [-0.1, -0.05) is 42.5 Å². The Labute approximate surface area is 192 Å². The van der Waals surface area contributed by atoms with Crippen molar-refractivity contribution in [3.63, 3.8) is 0 Å². The zero-order valence-electron chi connectivity index (χ0n) is 19.0. The van der Waals surface area contributed by atoms with Gasteiger partial charge in [-0.05, 0) is 62.8 Å². The maximum absolute atomic E-state index is 12.9. The van der Waals surface area contributed by atoms with Crippen LogP contribution in [0.2, 0.25) is 0 Å². The minimum Gasteiger partial charge on any atom is -0.494 e. The molecule has 1 N–H and O–H groups in total. The molecule has 7 heteroatoms. The standard InChI is InChI=1S/C25H34N2O4S/c1-3-31-24-15-13-22(14-16-24)20(2)26-25(28)23-12-7-17-27(19-23)32(29,30)18-8-11-21-9-5-4-6-10-21/h4-6,9-10,13-16,20,23H,3,7-8,11-12,17-19H2,1-2H3,(H,26,28)/t20-,23+/m0/s1. The van der Waals surface area contributed by atoms with Gasteiger partial charge in [0.05, 0.1) is 24.3 Å². The summed E-state index contributed by atoms with van der Waals surface area (Å²) >= 11 is 0. The van der Waals surface area contributed by atoms with Gasteiger partial charge >= 0.3 is 0 Å². The Hall–Kier alpha value is -2.38. The molecule has 0 bridgehead atoms. The number of amides is 1. The van der Waals surface area contributed by atoms with Crippen LogP contribution in [0.15, 0.2) is 54.6 Å². The molecule has 1 amide bonds. The Kier molecular flexibility index (Phi) is 8.70. The molecule has 174 valence electrons. The monoisotopic (exact) mass is 458 g/mol. The van der Waals surface area contributed by atoms with E-state index in [9.17, 15) is 13.2 Å². The molecule has 3 rings (SSSR count). The van der Waals surface area contributed by atoms with Crippen LogP contribution in [-0.4, -0.2) is 44.1 Å². The fraction of sp³-hybridized carbons (Fsp3) is 0.480. The molecule has 0 spiro atoms. The minimum absolute atomic E-state index is 0.0874. The van der Waals surface area contributed by atoms with Crippen molar-refractivity contribution in [2.75, 3.05) is 25.4 Å². The van der Waals surface area contributed by atoms with Crippen LogP contribution in [0, 0.1) is 5.92 Å². The van der Waals surface area contributed by atoms with Gasteiger partial charge < -0.3 is 10.1 Å². The van der Waals surface area contributed by atoms with Crippen LogP contribution in [0.3, 0.4) is 0 Å². The molecule has 1 aliphatic heterocycles. The van der Waals surface area contributed by atoms with Crippen LogP contribution >= 0.6 is 0 Å². The predicted molar refractivity (Wildman–Crippen MR) is 127 cm³/mol. The first kappa shape index (κ1) is 24.3. The van der Waals surface area contributed by atoms with Gasteiger partial charge in [-0.3, -0.25) is 4.79 Å². The van der Waals surface area contributed by atoms with Crippen molar-refractivity contribution in [1.29, 1.82) is 0 Å². The molecule has 2 aromatic rings. The third-order valence-corrected chi connectivity index (χ3v) is 7.83. The van der Waals surface area contributed by atoms with Crippen molar-refractivity contribution in [2.24, 2.45) is 5.92 Å². The number of hydrogen-bond acceptors (Lipinski definition) is 4. The highest BCUT2D eigenvalue weighted by Gasteiger charge is 2.32. The molecule has 2 aromatic carbocycles. The molecule has 1 fully saturated rings. The summed E-state index contributed by atoms with van der Waals surface area (Å²) in [7, 11) is -3.37. The van der Waals surface area contributed by atoms with Crippen LogP contribution in [0.1, 0.15) is 50.3 Å². The van der Waals surface area contributed by atoms with Crippen LogP contribution in [-0.2, 0) is 21.2 Å². The van der Waals surface area contributed by atoms with Crippen molar-refractivity contribution in [2.45, 2.75) is 45.6 Å². The molecule has 6 nitrogen and oxygen atoms in total. The number of hydrogen-bond donors (Lipinski definition) is 1. The smallest absolute Gasteiger partial charge is 0.224 e. The van der Waals surface area contributed by atoms with Gasteiger partial charge in [-0.25, -0.2) is 12.7 Å². The summed E-state index contributed by atoms with van der Waals surface area (Å²) in [5.41, 5.74) is 2.13. The van der Waals surface area contributed by atoms with Crippen LogP contribution in [0.5, 0.6) is 5.75 Å². The number of carbonyl (C=O) groups excluding carboxylic acids is 1. The molecule has 1 saturated heterocycles. The molecule has 1 heterocycles. The number of sulfonamides is 1. The van der Waals surface area contributed by atoms with E-state index in [1.165, 1.54) is 4.31 Å². The quantitative estimate of drug-likeness (QED) is 0.585. The molecule has 0 saturated carbocycles. The highest BCUT2D eigenvalue weighted by Crippen LogP contribution is 2.23. The number of piperidine rings is 1. The molecule has 0 radical (unpaired) electrons. The fourth-order valence-corrected chi connectivity index (χ4v) is 5.66. The highest BCUT2D eigenvalue weighted by atomic mass is 32.2. The third-order valence-electron chi connectivity index (χ3n) is 5.91. The van der Waals surface area contributed by atoms with Gasteiger partial charge in [0, 0.05) is 13.1 Å². The van der Waals surface area contributed by atoms with Crippen molar-refractivity contribution < 1.29 is 17.9 Å². The van der Waals surface area contributed by atoms with E-state index >= 15 is 0 Å². The van der Waals surface area contributed by atoms with E-state index in [1.807, 2.05) is 68.4 Å². The number of rotatable bonds is 10. The number of ether oxygens (including phenoxy) is 1. The highest BCUT2D eigenvalue weighted by molar-refractivity contribution is 7.89. The van der Waals surface area contributed by atoms with E-state index in [2.05, 4.69) is 5.32 Å². The number of nitrogens with zero attached hydrogens (tertiary/aromatic N) is 1. The molecular weight excluding hydrogens is 424 g/mol. The van der Waals surface area contributed by atoms with E-state index in [4.69, 9.17) is 4.74 Å². The maximum atomic E-state index is 12.9. The summed E-state index contributed by atoms with van der Waals surface area (Å²) in [6.07, 6.45) is 2.72. The molecule has 1 aliphatic rings. The summed E-state index contributed by atoms with van der Waals surface area (Å²) in [4.78, 5) is 12.9. The SMILES string of the molecule is CCOc1ccc([C@H](C)NC(=O)[C@@H]2CCCN(S(=O)(=O)CCCc3ccccc3)C2)cc1. The van der Waals surface area contributed by atoms with Crippen molar-refractivity contribution in [3.8, 4) is 5.75 Å². The lowest BCUT2D eigenvalue weighted by molar-refractivity contribution is -0.126. The normalized spacial score (nSPS) is 18.1. The topological polar surface area (TPSA) is 75.7 Å². The van der Waals surface area contributed by atoms with Crippen LogP contribution in [0.4, 0.5) is 0 Å².